The molecule has 1 aliphatic heterocycles. The van der Waals surface area contributed by atoms with Gasteiger partial charge in [-0.05, 0) is 62.3 Å². The Kier molecular flexibility index (Phi) is 25.3. The summed E-state index contributed by atoms with van der Waals surface area (Å²) < 4.78 is 0. The first-order valence-corrected chi connectivity index (χ1v) is 23.5. The van der Waals surface area contributed by atoms with Gasteiger partial charge in [0, 0.05) is 30.9 Å². The van der Waals surface area contributed by atoms with Crippen LogP contribution in [-0.2, 0) is 59.2 Å². The van der Waals surface area contributed by atoms with Crippen LogP contribution in [0.1, 0.15) is 70.8 Å². The number of primary amides is 3. The molecule has 384 valence electrons. The van der Waals surface area contributed by atoms with Gasteiger partial charge in [0.2, 0.25) is 65.0 Å². The molecule has 1 heterocycles. The van der Waals surface area contributed by atoms with Crippen molar-refractivity contribution in [2.24, 2.45) is 28.9 Å². The zero-order valence-electron chi connectivity index (χ0n) is 38.4. The number of thiol groups is 2. The Bertz CT molecular complexity index is 2000. The van der Waals surface area contributed by atoms with Crippen molar-refractivity contribution >= 4 is 90.2 Å². The van der Waals surface area contributed by atoms with Crippen molar-refractivity contribution in [3.8, 4) is 5.75 Å². The van der Waals surface area contributed by atoms with Gasteiger partial charge in [0.25, 0.3) is 0 Å². The van der Waals surface area contributed by atoms with Crippen molar-refractivity contribution in [1.29, 1.82) is 0 Å². The van der Waals surface area contributed by atoms with Crippen LogP contribution in [0.3, 0.4) is 0 Å². The fraction of sp³-hybridized carbons (Fsp3) is 0.595. The topological polar surface area (TPSA) is 420 Å². The molecule has 0 unspecified atom stereocenters. The van der Waals surface area contributed by atoms with Crippen LogP contribution in [0.2, 0.25) is 0 Å². The van der Waals surface area contributed by atoms with E-state index in [0.717, 1.165) is 0 Å². The standard InChI is InChI=1S/C42H66N12O13S2/c1-3-21(2)34(53-38(63)26(51-40(65)30(56)20-69)16-22-8-10-23(55)11-9-22)41(66)49-25(12-13-31(44)57)36(61)50-27(17-32(45)58)37(62)52-28(19-68)42(67)54-15-5-7-29(54)39(64)48-24(6-4-14-43)35(60)47-18-33(46)59/h8-11,21,24-30,34,55-56,68-69H,3-7,12-20,43H2,1-2H3,(H2,44,57)(H2,45,58)(H2,46,59)(H,47,60)(H,48,64)(H,49,66)(H,50,61)(H,51,65)(H,52,62)(H,53,63)/t21-,24-,25-,26-,27-,28-,29-,30+,34-/m0/s1. The van der Waals surface area contributed by atoms with E-state index in [4.69, 9.17) is 22.9 Å². The van der Waals surface area contributed by atoms with E-state index in [0.29, 0.717) is 24.8 Å². The monoisotopic (exact) mass is 1010 g/mol. The van der Waals surface area contributed by atoms with Gasteiger partial charge in [-0.3, -0.25) is 52.7 Å². The maximum absolute atomic E-state index is 14.0. The number of rotatable bonds is 30. The summed E-state index contributed by atoms with van der Waals surface area (Å²) in [6.45, 7) is 3.08. The minimum absolute atomic E-state index is 0.0616. The van der Waals surface area contributed by atoms with Crippen LogP contribution in [0, 0.1) is 5.92 Å². The number of aliphatic hydroxyl groups excluding tert-OH is 1. The zero-order valence-corrected chi connectivity index (χ0v) is 40.2. The number of hydrogen-bond donors (Lipinski definition) is 15. The molecule has 0 radical (unpaired) electrons. The molecule has 2 rings (SSSR count). The predicted molar refractivity (Wildman–Crippen MR) is 254 cm³/mol. The van der Waals surface area contributed by atoms with Crippen molar-refractivity contribution < 1.29 is 63.0 Å². The highest BCUT2D eigenvalue weighted by Crippen LogP contribution is 2.20. The summed E-state index contributed by atoms with van der Waals surface area (Å²) in [5.74, 6) is -11.2. The second kappa shape index (κ2) is 29.6. The van der Waals surface area contributed by atoms with E-state index in [1.165, 1.54) is 29.2 Å². The molecule has 69 heavy (non-hydrogen) atoms. The van der Waals surface area contributed by atoms with E-state index in [1.54, 1.807) is 13.8 Å². The Hall–Kier alpha value is -6.19. The number of carbonyl (C=O) groups excluding carboxylic acids is 11. The number of benzene rings is 1. The van der Waals surface area contributed by atoms with Crippen molar-refractivity contribution in [3.63, 3.8) is 0 Å². The molecule has 1 aliphatic rings. The summed E-state index contributed by atoms with van der Waals surface area (Å²) in [6, 6.07) is -4.14. The minimum Gasteiger partial charge on any atom is -0.508 e. The normalized spacial score (nSPS) is 16.7. The Balaban J connectivity index is 2.34. The lowest BCUT2D eigenvalue weighted by Gasteiger charge is -2.30. The largest absolute Gasteiger partial charge is 0.508 e. The zero-order chi connectivity index (χ0) is 52.0. The number of carbonyl (C=O) groups is 11. The quantitative estimate of drug-likeness (QED) is 0.0320. The van der Waals surface area contributed by atoms with Crippen LogP contribution >= 0.6 is 25.3 Å². The maximum Gasteiger partial charge on any atom is 0.250 e. The average Bonchev–Trinajstić information content (AvgIpc) is 3.81. The fourth-order valence-electron chi connectivity index (χ4n) is 7.00. The molecule has 1 aromatic rings. The third-order valence-corrected chi connectivity index (χ3v) is 11.7. The van der Waals surface area contributed by atoms with Gasteiger partial charge in [-0.15, -0.1) is 0 Å². The van der Waals surface area contributed by atoms with E-state index in [2.05, 4.69) is 62.5 Å². The molecule has 0 spiro atoms. The van der Waals surface area contributed by atoms with Crippen molar-refractivity contribution in [1.82, 2.24) is 42.1 Å². The summed E-state index contributed by atoms with van der Waals surface area (Å²) in [5.41, 5.74) is 22.0. The molecule has 1 fully saturated rings. The number of phenolic OH excluding ortho intramolecular Hbond substituents is 1. The molecule has 11 amide bonds. The average molecular weight is 1010 g/mol. The number of aromatic hydroxyl groups is 1. The smallest absolute Gasteiger partial charge is 0.250 e. The first kappa shape index (κ1) is 58.9. The number of hydrogen-bond acceptors (Lipinski definition) is 16. The molecule has 25 nitrogen and oxygen atoms in total. The van der Waals surface area contributed by atoms with E-state index in [9.17, 15) is 63.0 Å². The van der Waals surface area contributed by atoms with Gasteiger partial charge in [0.1, 0.15) is 54.1 Å². The van der Waals surface area contributed by atoms with E-state index in [-0.39, 0.29) is 49.6 Å². The molecule has 1 aromatic carbocycles. The van der Waals surface area contributed by atoms with E-state index >= 15 is 0 Å². The van der Waals surface area contributed by atoms with E-state index in [1.807, 2.05) is 0 Å². The summed E-state index contributed by atoms with van der Waals surface area (Å²) in [4.78, 5) is 145. The molecule has 0 aromatic heterocycles. The molecule has 9 atom stereocenters. The SMILES string of the molecule is CC[C@H](C)[C@H](NC(=O)[C@H](Cc1ccc(O)cc1)NC(=O)[C@H](O)CS)C(=O)N[C@@H](CCC(N)=O)C(=O)N[C@@H](CC(N)=O)C(=O)N[C@@H](CS)C(=O)N1CCC[C@H]1C(=O)N[C@@H](CCCN)C(=O)NCC(N)=O. The van der Waals surface area contributed by atoms with Crippen molar-refractivity contribution in [3.05, 3.63) is 29.8 Å². The number of likely N-dealkylation sites (tertiary alicyclic amines) is 1. The third-order valence-electron chi connectivity index (χ3n) is 11.0. The van der Waals surface area contributed by atoms with Crippen LogP contribution in [0.5, 0.6) is 5.75 Å². The first-order chi connectivity index (χ1) is 32.6. The van der Waals surface area contributed by atoms with Gasteiger partial charge in [-0.25, -0.2) is 0 Å². The third kappa shape index (κ3) is 19.7. The maximum atomic E-state index is 14.0. The molecule has 1 saturated heterocycles. The molecular formula is C42H66N12O13S2. The second-order valence-corrected chi connectivity index (χ2v) is 17.1. The number of nitrogens with one attached hydrogen (secondary N) is 7. The minimum atomic E-state index is -1.78. The highest BCUT2D eigenvalue weighted by molar-refractivity contribution is 7.80. The van der Waals surface area contributed by atoms with Crippen LogP contribution < -0.4 is 60.2 Å². The van der Waals surface area contributed by atoms with Gasteiger partial charge < -0.3 is 75.3 Å². The lowest BCUT2D eigenvalue weighted by molar-refractivity contribution is -0.142. The molecule has 0 bridgehead atoms. The van der Waals surface area contributed by atoms with Crippen LogP contribution in [-0.4, -0.2) is 160 Å². The Morgan fingerprint density at radius 3 is 1.86 bits per heavy atom. The summed E-state index contributed by atoms with van der Waals surface area (Å²) in [7, 11) is 0. The number of nitrogens with two attached hydrogens (primary N) is 4. The first-order valence-electron chi connectivity index (χ1n) is 22.2. The lowest BCUT2D eigenvalue weighted by Crippen LogP contribution is -2.61. The fourth-order valence-corrected chi connectivity index (χ4v) is 7.41. The van der Waals surface area contributed by atoms with Crippen molar-refractivity contribution in [2.75, 3.05) is 31.1 Å². The van der Waals surface area contributed by atoms with Crippen LogP contribution in [0.15, 0.2) is 24.3 Å². The van der Waals surface area contributed by atoms with Gasteiger partial charge in [0.05, 0.1) is 13.0 Å². The highest BCUT2D eigenvalue weighted by Gasteiger charge is 2.40. The Morgan fingerprint density at radius 1 is 0.710 bits per heavy atom. The molecule has 0 aliphatic carbocycles. The van der Waals surface area contributed by atoms with Crippen LogP contribution in [0.4, 0.5) is 0 Å². The van der Waals surface area contributed by atoms with Gasteiger partial charge >= 0.3 is 0 Å². The van der Waals surface area contributed by atoms with Crippen LogP contribution in [0.25, 0.3) is 0 Å². The predicted octanol–water partition coefficient (Wildman–Crippen LogP) is -5.42. The second-order valence-electron chi connectivity index (χ2n) is 16.4. The summed E-state index contributed by atoms with van der Waals surface area (Å²) in [5, 5.41) is 37.0. The van der Waals surface area contributed by atoms with Gasteiger partial charge in [-0.1, -0.05) is 32.4 Å². The highest BCUT2D eigenvalue weighted by atomic mass is 32.1. The molecule has 27 heteroatoms. The molecule has 0 saturated carbocycles. The van der Waals surface area contributed by atoms with Gasteiger partial charge in [-0.2, -0.15) is 25.3 Å². The summed E-state index contributed by atoms with van der Waals surface area (Å²) in [6.07, 6.45) is -2.20. The molecular weight excluding hydrogens is 945 g/mol. The molecule has 17 N–H and O–H groups in total. The number of nitrogens with zero attached hydrogens (tertiary/aromatic N) is 1. The summed E-state index contributed by atoms with van der Waals surface area (Å²) >= 11 is 8.14. The van der Waals surface area contributed by atoms with Crippen molar-refractivity contribution in [2.45, 2.75) is 120 Å². The Labute approximate surface area is 409 Å². The Morgan fingerprint density at radius 2 is 1.29 bits per heavy atom. The van der Waals surface area contributed by atoms with E-state index < -0.39 is 145 Å². The number of aliphatic hydroxyl groups is 1. The number of phenols is 1. The van der Waals surface area contributed by atoms with Gasteiger partial charge in [0.15, 0.2) is 0 Å². The lowest BCUT2D eigenvalue weighted by atomic mass is 9.96. The number of amides is 11.